The molecule has 1 nitrogen and oxygen atoms in total. The third kappa shape index (κ3) is 2.81. The van der Waals surface area contributed by atoms with Crippen molar-refractivity contribution in [1.82, 2.24) is 4.90 Å². The van der Waals surface area contributed by atoms with E-state index in [0.29, 0.717) is 0 Å². The molecular formula is C15H21NS. The molecule has 0 saturated heterocycles. The maximum absolute atomic E-state index is 2.45. The molecule has 92 valence electrons. The van der Waals surface area contributed by atoms with Crippen LogP contribution in [0.4, 0.5) is 0 Å². The Labute approximate surface area is 108 Å². The number of rotatable bonds is 4. The van der Waals surface area contributed by atoms with Gasteiger partial charge in [-0.25, -0.2) is 0 Å². The molecule has 2 rings (SSSR count). The molecule has 17 heavy (non-hydrogen) atoms. The van der Waals surface area contributed by atoms with Crippen molar-refractivity contribution >= 4 is 16.9 Å². The van der Waals surface area contributed by atoms with Crippen LogP contribution in [0.25, 0.3) is 5.57 Å². The predicted octanol–water partition coefficient (Wildman–Crippen LogP) is 4.46. The van der Waals surface area contributed by atoms with Gasteiger partial charge in [0.05, 0.1) is 0 Å². The van der Waals surface area contributed by atoms with E-state index < -0.39 is 0 Å². The van der Waals surface area contributed by atoms with Gasteiger partial charge >= 0.3 is 0 Å². The molecule has 1 aromatic heterocycles. The molecule has 1 aromatic rings. The van der Waals surface area contributed by atoms with E-state index in [1.165, 1.54) is 33.9 Å². The molecule has 0 radical (unpaired) electrons. The van der Waals surface area contributed by atoms with Crippen LogP contribution in [-0.2, 0) is 0 Å². The lowest BCUT2D eigenvalue weighted by atomic mass is 10.0. The third-order valence-corrected chi connectivity index (χ3v) is 4.43. The van der Waals surface area contributed by atoms with Crippen molar-refractivity contribution in [1.29, 1.82) is 0 Å². The van der Waals surface area contributed by atoms with Crippen molar-refractivity contribution in [3.8, 4) is 0 Å². The summed E-state index contributed by atoms with van der Waals surface area (Å²) in [5, 5.41) is 0. The smallest absolute Gasteiger partial charge is 0.0305 e. The second-order valence-corrected chi connectivity index (χ2v) is 5.72. The van der Waals surface area contributed by atoms with Gasteiger partial charge in [-0.1, -0.05) is 6.08 Å². The average Bonchev–Trinajstić information content (AvgIpc) is 2.78. The first-order valence-corrected chi connectivity index (χ1v) is 7.27. The second-order valence-electron chi connectivity index (χ2n) is 4.43. The number of hydrogen-bond donors (Lipinski definition) is 0. The fourth-order valence-electron chi connectivity index (χ4n) is 2.33. The average molecular weight is 247 g/mol. The van der Waals surface area contributed by atoms with Crippen molar-refractivity contribution in [2.24, 2.45) is 0 Å². The summed E-state index contributed by atoms with van der Waals surface area (Å²) in [5.74, 6) is 0. The van der Waals surface area contributed by atoms with Crippen molar-refractivity contribution in [3.63, 3.8) is 0 Å². The lowest BCUT2D eigenvalue weighted by Gasteiger charge is -2.26. The maximum atomic E-state index is 2.45. The van der Waals surface area contributed by atoms with E-state index in [2.05, 4.69) is 50.0 Å². The molecule has 1 heterocycles. The Hall–Kier alpha value is -1.02. The lowest BCUT2D eigenvalue weighted by molar-refractivity contribution is 0.368. The minimum atomic E-state index is 1.11. The number of hydrogen-bond acceptors (Lipinski definition) is 2. The molecule has 1 aliphatic rings. The summed E-state index contributed by atoms with van der Waals surface area (Å²) in [7, 11) is 0. The fraction of sp³-hybridized carbons (Fsp3) is 0.467. The van der Waals surface area contributed by atoms with E-state index in [9.17, 15) is 0 Å². The molecule has 0 amide bonds. The summed E-state index contributed by atoms with van der Waals surface area (Å²) in [4.78, 5) is 5.30. The highest BCUT2D eigenvalue weighted by Crippen LogP contribution is 2.31. The van der Waals surface area contributed by atoms with Crippen LogP contribution in [0, 0.1) is 6.92 Å². The van der Waals surface area contributed by atoms with Crippen molar-refractivity contribution in [3.05, 3.63) is 39.7 Å². The zero-order valence-electron chi connectivity index (χ0n) is 11.0. The molecule has 0 fully saturated rings. The summed E-state index contributed by atoms with van der Waals surface area (Å²) in [6, 6.07) is 4.46. The number of thiophene rings is 1. The normalized spacial score (nSPS) is 15.5. The van der Waals surface area contributed by atoms with Crippen LogP contribution in [0.1, 0.15) is 36.4 Å². The zero-order chi connectivity index (χ0) is 12.3. The summed E-state index contributed by atoms with van der Waals surface area (Å²) in [6.07, 6.45) is 6.98. The Morgan fingerprint density at radius 1 is 1.12 bits per heavy atom. The Morgan fingerprint density at radius 3 is 2.35 bits per heavy atom. The van der Waals surface area contributed by atoms with Crippen molar-refractivity contribution < 1.29 is 0 Å². The number of allylic oxidation sites excluding steroid dienone is 4. The van der Waals surface area contributed by atoms with Gasteiger partial charge in [0.15, 0.2) is 0 Å². The largest absolute Gasteiger partial charge is 0.375 e. The van der Waals surface area contributed by atoms with Crippen LogP contribution in [0.5, 0.6) is 0 Å². The summed E-state index contributed by atoms with van der Waals surface area (Å²) in [6.45, 7) is 8.86. The molecule has 0 atom stereocenters. The topological polar surface area (TPSA) is 3.24 Å². The highest BCUT2D eigenvalue weighted by Gasteiger charge is 2.12. The Balaban J connectivity index is 2.15. The second kappa shape index (κ2) is 5.54. The quantitative estimate of drug-likeness (QED) is 0.759. The van der Waals surface area contributed by atoms with E-state index in [1.54, 1.807) is 0 Å². The van der Waals surface area contributed by atoms with Gasteiger partial charge in [0.1, 0.15) is 0 Å². The summed E-state index contributed by atoms with van der Waals surface area (Å²) in [5.41, 5.74) is 2.99. The third-order valence-electron chi connectivity index (χ3n) is 3.35. The molecule has 2 heteroatoms. The van der Waals surface area contributed by atoms with Crippen molar-refractivity contribution in [2.75, 3.05) is 13.1 Å². The molecule has 0 saturated carbocycles. The van der Waals surface area contributed by atoms with Gasteiger partial charge in [0, 0.05) is 28.5 Å². The van der Waals surface area contributed by atoms with E-state index in [4.69, 9.17) is 0 Å². The first-order valence-electron chi connectivity index (χ1n) is 6.46. The monoisotopic (exact) mass is 247 g/mol. The Bertz CT molecular complexity index is 436. The van der Waals surface area contributed by atoms with E-state index in [-0.39, 0.29) is 0 Å². The SMILES string of the molecule is CCN(CC)C1=CC=C(c2ccc(C)s2)CC1. The van der Waals surface area contributed by atoms with Gasteiger partial charge in [-0.3, -0.25) is 0 Å². The standard InChI is InChI=1S/C15H21NS/c1-4-16(5-2)14-9-7-13(8-10-14)15-11-6-12(3)17-15/h6-7,9,11H,4-5,8,10H2,1-3H3. The van der Waals surface area contributed by atoms with Crippen LogP contribution in [-0.4, -0.2) is 18.0 Å². The minimum Gasteiger partial charge on any atom is -0.375 e. The van der Waals surface area contributed by atoms with Gasteiger partial charge < -0.3 is 4.90 Å². The van der Waals surface area contributed by atoms with Gasteiger partial charge in [-0.2, -0.15) is 0 Å². The van der Waals surface area contributed by atoms with Crippen LogP contribution in [0.2, 0.25) is 0 Å². The molecule has 1 aliphatic carbocycles. The van der Waals surface area contributed by atoms with Crippen LogP contribution < -0.4 is 0 Å². The lowest BCUT2D eigenvalue weighted by Crippen LogP contribution is -2.22. The molecule has 0 unspecified atom stereocenters. The molecule has 0 bridgehead atoms. The van der Waals surface area contributed by atoms with Crippen LogP contribution >= 0.6 is 11.3 Å². The molecule has 0 N–H and O–H groups in total. The Kier molecular flexibility index (Phi) is 4.06. The van der Waals surface area contributed by atoms with Crippen LogP contribution in [0.15, 0.2) is 30.0 Å². The maximum Gasteiger partial charge on any atom is 0.0305 e. The van der Waals surface area contributed by atoms with Gasteiger partial charge in [-0.15, -0.1) is 11.3 Å². The van der Waals surface area contributed by atoms with Crippen molar-refractivity contribution in [2.45, 2.75) is 33.6 Å². The van der Waals surface area contributed by atoms with E-state index >= 15 is 0 Å². The first kappa shape index (κ1) is 12.4. The highest BCUT2D eigenvalue weighted by atomic mass is 32.1. The van der Waals surface area contributed by atoms with E-state index in [0.717, 1.165) is 13.1 Å². The van der Waals surface area contributed by atoms with Gasteiger partial charge in [0.25, 0.3) is 0 Å². The molecular weight excluding hydrogens is 226 g/mol. The predicted molar refractivity (Wildman–Crippen MR) is 77.3 cm³/mol. The van der Waals surface area contributed by atoms with Gasteiger partial charge in [0.2, 0.25) is 0 Å². The molecule has 0 spiro atoms. The zero-order valence-corrected chi connectivity index (χ0v) is 11.8. The Morgan fingerprint density at radius 2 is 1.88 bits per heavy atom. The summed E-state index contributed by atoms with van der Waals surface area (Å²) >= 11 is 1.90. The fourth-order valence-corrected chi connectivity index (χ4v) is 3.25. The highest BCUT2D eigenvalue weighted by molar-refractivity contribution is 7.13. The molecule has 0 aromatic carbocycles. The summed E-state index contributed by atoms with van der Waals surface area (Å²) < 4.78 is 0. The van der Waals surface area contributed by atoms with Crippen LogP contribution in [0.3, 0.4) is 0 Å². The molecule has 0 aliphatic heterocycles. The first-order chi connectivity index (χ1) is 8.24. The minimum absolute atomic E-state index is 1.11. The number of aryl methyl sites for hydroxylation is 1. The van der Waals surface area contributed by atoms with Gasteiger partial charge in [-0.05, 0) is 57.4 Å². The number of nitrogens with zero attached hydrogens (tertiary/aromatic N) is 1. The van der Waals surface area contributed by atoms with E-state index in [1.807, 2.05) is 11.3 Å².